The van der Waals surface area contributed by atoms with Crippen LogP contribution in [0.15, 0.2) is 0 Å². The Balaban J connectivity index is 2.26. The van der Waals surface area contributed by atoms with Crippen molar-refractivity contribution in [1.29, 1.82) is 5.26 Å². The molecule has 1 rings (SSSR count). The largest absolute Gasteiger partial charge is 0.342 e. The van der Waals surface area contributed by atoms with Crippen molar-refractivity contribution in [2.75, 3.05) is 13.1 Å². The van der Waals surface area contributed by atoms with Gasteiger partial charge in [0.05, 0.1) is 12.1 Å². The van der Waals surface area contributed by atoms with E-state index in [1.165, 1.54) is 0 Å². The Hall–Kier alpha value is -1.08. The van der Waals surface area contributed by atoms with E-state index in [1.54, 1.807) is 0 Å². The molecule has 1 unspecified atom stereocenters. The molecule has 1 aliphatic rings. The maximum Gasteiger partial charge on any atom is 0.237 e. The van der Waals surface area contributed by atoms with E-state index in [1.807, 2.05) is 6.07 Å². The second-order valence-electron chi connectivity index (χ2n) is 2.88. The predicted molar refractivity (Wildman–Crippen MR) is 44.3 cm³/mol. The predicted octanol–water partition coefficient (Wildman–Crippen LogP) is -0.232. The fraction of sp³-hybridized carbons (Fsp3) is 0.750. The van der Waals surface area contributed by atoms with Gasteiger partial charge in [0.2, 0.25) is 5.91 Å². The molecule has 1 heterocycles. The molecule has 4 nitrogen and oxygen atoms in total. The first-order valence-corrected chi connectivity index (χ1v) is 4.22. The summed E-state index contributed by atoms with van der Waals surface area (Å²) in [4.78, 5) is 11.2. The quantitative estimate of drug-likeness (QED) is 0.558. The van der Waals surface area contributed by atoms with Gasteiger partial charge in [0.15, 0.2) is 0 Å². The molecule has 4 heteroatoms. The summed E-state index contributed by atoms with van der Waals surface area (Å²) in [6.45, 7) is 1.02. The van der Waals surface area contributed by atoms with Gasteiger partial charge in [-0.05, 0) is 19.4 Å². The average Bonchev–Trinajstić information content (AvgIpc) is 2.15. The lowest BCUT2D eigenvalue weighted by Gasteiger charge is -2.21. The highest BCUT2D eigenvalue weighted by Gasteiger charge is 2.19. The molecule has 66 valence electrons. The maximum absolute atomic E-state index is 11.2. The molecule has 0 aromatic carbocycles. The molecule has 1 saturated heterocycles. The summed E-state index contributed by atoms with van der Waals surface area (Å²) in [5, 5.41) is 13.9. The minimum atomic E-state index is -0.0768. The SMILES string of the molecule is N#CCNC(=O)C1CCCCN1. The second-order valence-corrected chi connectivity index (χ2v) is 2.88. The summed E-state index contributed by atoms with van der Waals surface area (Å²) < 4.78 is 0. The van der Waals surface area contributed by atoms with Crippen LogP contribution in [0.5, 0.6) is 0 Å². The lowest BCUT2D eigenvalue weighted by Crippen LogP contribution is -2.46. The fourth-order valence-electron chi connectivity index (χ4n) is 1.33. The number of hydrogen-bond donors (Lipinski definition) is 2. The topological polar surface area (TPSA) is 64.9 Å². The number of nitrogens with zero attached hydrogens (tertiary/aromatic N) is 1. The first kappa shape index (κ1) is 9.01. The van der Waals surface area contributed by atoms with Crippen LogP contribution in [-0.4, -0.2) is 25.0 Å². The van der Waals surface area contributed by atoms with E-state index < -0.39 is 0 Å². The van der Waals surface area contributed by atoms with Gasteiger partial charge >= 0.3 is 0 Å². The molecule has 12 heavy (non-hydrogen) atoms. The molecule has 0 aliphatic carbocycles. The van der Waals surface area contributed by atoms with Gasteiger partial charge in [-0.2, -0.15) is 5.26 Å². The average molecular weight is 167 g/mol. The van der Waals surface area contributed by atoms with Crippen molar-refractivity contribution in [3.63, 3.8) is 0 Å². The Labute approximate surface area is 71.9 Å². The van der Waals surface area contributed by atoms with E-state index in [9.17, 15) is 4.79 Å². The van der Waals surface area contributed by atoms with E-state index in [0.29, 0.717) is 0 Å². The number of carbonyl (C=O) groups is 1. The molecule has 1 aliphatic heterocycles. The van der Waals surface area contributed by atoms with Crippen LogP contribution >= 0.6 is 0 Å². The zero-order chi connectivity index (χ0) is 8.81. The van der Waals surface area contributed by atoms with Gasteiger partial charge in [-0.25, -0.2) is 0 Å². The Morgan fingerprint density at radius 3 is 3.08 bits per heavy atom. The molecule has 0 spiro atoms. The summed E-state index contributed by atoms with van der Waals surface area (Å²) in [5.41, 5.74) is 0. The van der Waals surface area contributed by atoms with Crippen molar-refractivity contribution in [1.82, 2.24) is 10.6 Å². The van der Waals surface area contributed by atoms with Crippen molar-refractivity contribution in [2.45, 2.75) is 25.3 Å². The minimum absolute atomic E-state index is 0.0451. The van der Waals surface area contributed by atoms with Gasteiger partial charge in [-0.15, -0.1) is 0 Å². The standard InChI is InChI=1S/C8H13N3O/c9-4-6-11-8(12)7-3-1-2-5-10-7/h7,10H,1-3,5-6H2,(H,11,12). The van der Waals surface area contributed by atoms with Gasteiger partial charge < -0.3 is 10.6 Å². The summed E-state index contributed by atoms with van der Waals surface area (Å²) in [6, 6.07) is 1.80. The van der Waals surface area contributed by atoms with Crippen LogP contribution in [0.25, 0.3) is 0 Å². The van der Waals surface area contributed by atoms with Gasteiger partial charge in [-0.3, -0.25) is 4.79 Å². The van der Waals surface area contributed by atoms with Crippen molar-refractivity contribution < 1.29 is 4.79 Å². The van der Waals surface area contributed by atoms with Crippen LogP contribution in [0.2, 0.25) is 0 Å². The van der Waals surface area contributed by atoms with Crippen LogP contribution in [0.3, 0.4) is 0 Å². The summed E-state index contributed by atoms with van der Waals surface area (Å²) >= 11 is 0. The van der Waals surface area contributed by atoms with Crippen LogP contribution in [0.1, 0.15) is 19.3 Å². The molecule has 0 saturated carbocycles. The lowest BCUT2D eigenvalue weighted by atomic mass is 10.0. The number of piperidine rings is 1. The Kier molecular flexibility index (Phi) is 3.55. The zero-order valence-corrected chi connectivity index (χ0v) is 6.97. The zero-order valence-electron chi connectivity index (χ0n) is 6.97. The van der Waals surface area contributed by atoms with Crippen molar-refractivity contribution in [3.8, 4) is 6.07 Å². The van der Waals surface area contributed by atoms with Crippen LogP contribution < -0.4 is 10.6 Å². The summed E-state index contributed by atoms with van der Waals surface area (Å²) in [7, 11) is 0. The van der Waals surface area contributed by atoms with Gasteiger partial charge in [0.1, 0.15) is 6.54 Å². The van der Waals surface area contributed by atoms with Gasteiger partial charge in [-0.1, -0.05) is 6.42 Å². The molecule has 0 aromatic rings. The number of nitrogens with one attached hydrogen (secondary N) is 2. The minimum Gasteiger partial charge on any atom is -0.342 e. The number of amides is 1. The smallest absolute Gasteiger partial charge is 0.237 e. The molecule has 1 atom stereocenters. The Morgan fingerprint density at radius 2 is 2.50 bits per heavy atom. The van der Waals surface area contributed by atoms with Gasteiger partial charge in [0, 0.05) is 0 Å². The first-order chi connectivity index (χ1) is 5.84. The number of rotatable bonds is 2. The van der Waals surface area contributed by atoms with E-state index in [0.717, 1.165) is 25.8 Å². The third-order valence-electron chi connectivity index (χ3n) is 1.97. The molecule has 0 aromatic heterocycles. The van der Waals surface area contributed by atoms with E-state index in [4.69, 9.17) is 5.26 Å². The molecule has 1 amide bonds. The molecule has 0 radical (unpaired) electrons. The van der Waals surface area contributed by atoms with Crippen LogP contribution in [0, 0.1) is 11.3 Å². The fourth-order valence-corrected chi connectivity index (χ4v) is 1.33. The Bertz CT molecular complexity index is 191. The lowest BCUT2D eigenvalue weighted by molar-refractivity contribution is -0.123. The van der Waals surface area contributed by atoms with Gasteiger partial charge in [0.25, 0.3) is 0 Å². The van der Waals surface area contributed by atoms with E-state index >= 15 is 0 Å². The number of nitriles is 1. The van der Waals surface area contributed by atoms with E-state index in [-0.39, 0.29) is 18.5 Å². The molecular formula is C8H13N3O. The summed E-state index contributed by atoms with van der Waals surface area (Å²) in [5.74, 6) is -0.0451. The molecular weight excluding hydrogens is 154 g/mol. The van der Waals surface area contributed by atoms with Crippen molar-refractivity contribution in [3.05, 3.63) is 0 Å². The second kappa shape index (κ2) is 4.73. The number of carbonyl (C=O) groups excluding carboxylic acids is 1. The van der Waals surface area contributed by atoms with Crippen LogP contribution in [0.4, 0.5) is 0 Å². The molecule has 1 fully saturated rings. The molecule has 0 bridgehead atoms. The highest BCUT2D eigenvalue weighted by atomic mass is 16.2. The Morgan fingerprint density at radius 1 is 1.67 bits per heavy atom. The van der Waals surface area contributed by atoms with E-state index in [2.05, 4.69) is 10.6 Å². The summed E-state index contributed by atoms with van der Waals surface area (Å²) in [6.07, 6.45) is 3.12. The highest BCUT2D eigenvalue weighted by Crippen LogP contribution is 2.06. The number of hydrogen-bond acceptors (Lipinski definition) is 3. The third-order valence-corrected chi connectivity index (χ3v) is 1.97. The first-order valence-electron chi connectivity index (χ1n) is 4.22. The third kappa shape index (κ3) is 2.51. The normalized spacial score (nSPS) is 22.8. The monoisotopic (exact) mass is 167 g/mol. The maximum atomic E-state index is 11.2. The van der Waals surface area contributed by atoms with Crippen molar-refractivity contribution in [2.24, 2.45) is 0 Å². The highest BCUT2D eigenvalue weighted by molar-refractivity contribution is 5.81. The molecule has 2 N–H and O–H groups in total. The van der Waals surface area contributed by atoms with Crippen LogP contribution in [-0.2, 0) is 4.79 Å². The van der Waals surface area contributed by atoms with Crippen molar-refractivity contribution >= 4 is 5.91 Å².